The lowest BCUT2D eigenvalue weighted by Gasteiger charge is -2.58. The van der Waals surface area contributed by atoms with Gasteiger partial charge in [0.05, 0.1) is 0 Å². The minimum absolute atomic E-state index is 0.494. The molecule has 4 aliphatic rings. The molecule has 0 bridgehead atoms. The second-order valence-corrected chi connectivity index (χ2v) is 8.99. The molecule has 0 saturated heterocycles. The number of hydrogen-bond donors (Lipinski definition) is 0. The van der Waals surface area contributed by atoms with E-state index in [0.29, 0.717) is 10.8 Å². The Morgan fingerprint density at radius 2 is 1.62 bits per heavy atom. The summed E-state index contributed by atoms with van der Waals surface area (Å²) in [4.78, 5) is 0. The van der Waals surface area contributed by atoms with Gasteiger partial charge in [-0.1, -0.05) is 32.8 Å². The van der Waals surface area contributed by atoms with Crippen molar-refractivity contribution in [1.29, 1.82) is 0 Å². The third-order valence-electron chi connectivity index (χ3n) is 8.27. The van der Waals surface area contributed by atoms with Crippen LogP contribution in [0.15, 0.2) is 18.4 Å². The number of rotatable bonds is 1. The largest absolute Gasteiger partial charge is 0.132 e. The van der Waals surface area contributed by atoms with Crippen LogP contribution in [0.4, 0.5) is 0 Å². The van der Waals surface area contributed by atoms with Crippen LogP contribution < -0.4 is 0 Å². The Hall–Kier alpha value is -0.480. The zero-order valence-electron chi connectivity index (χ0n) is 13.9. The Balaban J connectivity index is 1.65. The van der Waals surface area contributed by atoms with Gasteiger partial charge in [-0.3, -0.25) is 0 Å². The van der Waals surface area contributed by atoms with Crippen LogP contribution in [0.2, 0.25) is 0 Å². The van der Waals surface area contributed by atoms with Gasteiger partial charge < -0.3 is 0 Å². The topological polar surface area (TPSA) is 0 Å². The molecular formula is C21H32. The van der Waals surface area contributed by atoms with Crippen LogP contribution in [-0.2, 0) is 0 Å². The quantitative estimate of drug-likeness (QED) is 0.508. The summed E-state index contributed by atoms with van der Waals surface area (Å²) in [5.74, 6) is 4.11. The maximum Gasteiger partial charge on any atom is -0.00116 e. The lowest BCUT2D eigenvalue weighted by Crippen LogP contribution is -2.50. The second kappa shape index (κ2) is 5.02. The van der Waals surface area contributed by atoms with E-state index in [2.05, 4.69) is 25.3 Å². The van der Waals surface area contributed by atoms with Gasteiger partial charge in [0, 0.05) is 0 Å². The molecule has 4 fully saturated rings. The first kappa shape index (κ1) is 14.1. The van der Waals surface area contributed by atoms with Crippen molar-refractivity contribution in [2.75, 3.05) is 0 Å². The number of fused-ring (bicyclic) bond motifs is 5. The van der Waals surface area contributed by atoms with Crippen molar-refractivity contribution in [3.8, 4) is 0 Å². The van der Waals surface area contributed by atoms with Crippen molar-refractivity contribution >= 4 is 0 Å². The fourth-order valence-corrected chi connectivity index (χ4v) is 7.36. The van der Waals surface area contributed by atoms with Crippen LogP contribution in [0.25, 0.3) is 0 Å². The number of hydrogen-bond acceptors (Lipinski definition) is 0. The van der Waals surface area contributed by atoms with E-state index < -0.39 is 0 Å². The molecule has 0 heteroatoms. The molecule has 0 aliphatic heterocycles. The highest BCUT2D eigenvalue weighted by atomic mass is 14.6. The molecule has 116 valence electrons. The van der Waals surface area contributed by atoms with Crippen molar-refractivity contribution in [2.24, 2.45) is 34.5 Å². The SMILES string of the molecule is C=C=CC12CCCC[C@@H]1[C@H]1CC[C@]3(C)CCC[C@H]3[C@@H]1CC2. The summed E-state index contributed by atoms with van der Waals surface area (Å²) in [6.07, 6.45) is 18.8. The van der Waals surface area contributed by atoms with Gasteiger partial charge in [0.25, 0.3) is 0 Å². The predicted octanol–water partition coefficient (Wildman–Crippen LogP) is 6.13. The Morgan fingerprint density at radius 3 is 2.48 bits per heavy atom. The predicted molar refractivity (Wildman–Crippen MR) is 89.0 cm³/mol. The number of allylic oxidation sites excluding steroid dienone is 1. The summed E-state index contributed by atoms with van der Waals surface area (Å²) < 4.78 is 0. The van der Waals surface area contributed by atoms with Crippen molar-refractivity contribution in [2.45, 2.75) is 77.6 Å². The van der Waals surface area contributed by atoms with Gasteiger partial charge in [-0.15, -0.1) is 5.73 Å². The average molecular weight is 284 g/mol. The van der Waals surface area contributed by atoms with E-state index in [1.807, 2.05) is 0 Å². The second-order valence-electron chi connectivity index (χ2n) is 8.99. The van der Waals surface area contributed by atoms with Crippen molar-refractivity contribution in [3.05, 3.63) is 18.4 Å². The molecule has 4 saturated carbocycles. The molecule has 0 radical (unpaired) electrons. The van der Waals surface area contributed by atoms with E-state index in [0.717, 1.165) is 23.7 Å². The van der Waals surface area contributed by atoms with Gasteiger partial charge in [-0.2, -0.15) is 0 Å². The Kier molecular flexibility index (Phi) is 3.38. The third kappa shape index (κ3) is 2.02. The summed E-state index contributed by atoms with van der Waals surface area (Å²) in [6, 6.07) is 0. The Labute approximate surface area is 131 Å². The van der Waals surface area contributed by atoms with Gasteiger partial charge in [-0.05, 0) is 91.9 Å². The van der Waals surface area contributed by atoms with Gasteiger partial charge >= 0.3 is 0 Å². The molecule has 21 heavy (non-hydrogen) atoms. The maximum absolute atomic E-state index is 3.93. The van der Waals surface area contributed by atoms with Crippen molar-refractivity contribution in [3.63, 3.8) is 0 Å². The molecule has 4 aliphatic carbocycles. The molecule has 0 aromatic heterocycles. The summed E-state index contributed by atoms with van der Waals surface area (Å²) in [6.45, 7) is 6.55. The highest BCUT2D eigenvalue weighted by Crippen LogP contribution is 2.65. The summed E-state index contributed by atoms with van der Waals surface area (Å²) in [7, 11) is 0. The van der Waals surface area contributed by atoms with Crippen molar-refractivity contribution < 1.29 is 0 Å². The van der Waals surface area contributed by atoms with E-state index >= 15 is 0 Å². The smallest absolute Gasteiger partial charge is 0.00116 e. The highest BCUT2D eigenvalue weighted by molar-refractivity contribution is 5.12. The van der Waals surface area contributed by atoms with Crippen LogP contribution in [0.5, 0.6) is 0 Å². The van der Waals surface area contributed by atoms with E-state index in [-0.39, 0.29) is 0 Å². The summed E-state index contributed by atoms with van der Waals surface area (Å²) in [5.41, 5.74) is 4.41. The van der Waals surface area contributed by atoms with E-state index in [1.54, 1.807) is 0 Å². The van der Waals surface area contributed by atoms with Gasteiger partial charge in [0.2, 0.25) is 0 Å². The molecular weight excluding hydrogens is 252 g/mol. The van der Waals surface area contributed by atoms with Crippen LogP contribution in [0.1, 0.15) is 77.6 Å². The molecule has 0 spiro atoms. The Morgan fingerprint density at radius 1 is 0.857 bits per heavy atom. The minimum Gasteiger partial charge on any atom is -0.132 e. The molecule has 0 aromatic carbocycles. The summed E-state index contributed by atoms with van der Waals surface area (Å²) >= 11 is 0. The molecule has 1 unspecified atom stereocenters. The zero-order valence-corrected chi connectivity index (χ0v) is 13.9. The van der Waals surface area contributed by atoms with Crippen LogP contribution in [0.3, 0.4) is 0 Å². The molecule has 0 nitrogen and oxygen atoms in total. The zero-order chi connectivity index (χ0) is 14.5. The van der Waals surface area contributed by atoms with E-state index in [4.69, 9.17) is 0 Å². The first-order valence-electron chi connectivity index (χ1n) is 9.56. The first-order valence-corrected chi connectivity index (χ1v) is 9.56. The lowest BCUT2D eigenvalue weighted by atomic mass is 9.46. The molecule has 0 heterocycles. The lowest BCUT2D eigenvalue weighted by molar-refractivity contribution is -0.0753. The molecule has 0 amide bonds. The molecule has 4 rings (SSSR count). The maximum atomic E-state index is 3.93. The monoisotopic (exact) mass is 284 g/mol. The third-order valence-corrected chi connectivity index (χ3v) is 8.27. The van der Waals surface area contributed by atoms with Crippen LogP contribution >= 0.6 is 0 Å². The average Bonchev–Trinajstić information content (AvgIpc) is 2.89. The molecule has 6 atom stereocenters. The highest BCUT2D eigenvalue weighted by Gasteiger charge is 2.56. The Bertz CT molecular complexity index is 457. The van der Waals surface area contributed by atoms with E-state index in [9.17, 15) is 0 Å². The molecule has 0 aromatic rings. The fourth-order valence-electron chi connectivity index (χ4n) is 7.36. The van der Waals surface area contributed by atoms with Crippen LogP contribution in [0, 0.1) is 34.5 Å². The normalized spacial score (nSPS) is 52.2. The van der Waals surface area contributed by atoms with Crippen molar-refractivity contribution in [1.82, 2.24) is 0 Å². The van der Waals surface area contributed by atoms with Gasteiger partial charge in [-0.25, -0.2) is 0 Å². The van der Waals surface area contributed by atoms with E-state index in [1.165, 1.54) is 70.6 Å². The fraction of sp³-hybridized carbons (Fsp3) is 0.857. The first-order chi connectivity index (χ1) is 10.2. The molecule has 0 N–H and O–H groups in total. The van der Waals surface area contributed by atoms with Gasteiger partial charge in [0.1, 0.15) is 0 Å². The standard InChI is InChI=1S/C21H32/c1-3-11-21-13-5-4-7-19(21)17-9-14-20(2)12-6-8-18(20)16(17)10-15-21/h11,16-19H,1,4-10,12-15H2,2H3/t16-,17+,18+,19-,20+,21?/m1/s1. The van der Waals surface area contributed by atoms with Gasteiger partial charge in [0.15, 0.2) is 0 Å². The van der Waals surface area contributed by atoms with Crippen LogP contribution in [-0.4, -0.2) is 0 Å². The summed E-state index contributed by atoms with van der Waals surface area (Å²) in [5, 5.41) is 0. The minimum atomic E-state index is 0.494.